The Morgan fingerprint density at radius 1 is 1.25 bits per heavy atom. The standard InChI is InChI=1S/C10H20N2/c1-8(2)11-10-6-5-7-12(10)9(3)4/h8-9H,5-7H2,1-4H3/b11-10+. The monoisotopic (exact) mass is 168 g/mol. The van der Waals surface area contributed by atoms with Gasteiger partial charge < -0.3 is 4.90 Å². The maximum atomic E-state index is 4.62. The topological polar surface area (TPSA) is 15.6 Å². The van der Waals surface area contributed by atoms with Crippen molar-refractivity contribution in [2.75, 3.05) is 6.54 Å². The van der Waals surface area contributed by atoms with E-state index in [0.29, 0.717) is 12.1 Å². The first-order chi connectivity index (χ1) is 5.61. The Bertz CT molecular complexity index is 171. The first-order valence-corrected chi connectivity index (χ1v) is 4.94. The van der Waals surface area contributed by atoms with Crippen LogP contribution in [0.4, 0.5) is 0 Å². The van der Waals surface area contributed by atoms with Crippen LogP contribution in [0.25, 0.3) is 0 Å². The Hall–Kier alpha value is -0.530. The van der Waals surface area contributed by atoms with Crippen molar-refractivity contribution in [3.8, 4) is 0 Å². The minimum absolute atomic E-state index is 0.444. The van der Waals surface area contributed by atoms with Crippen molar-refractivity contribution in [1.29, 1.82) is 0 Å². The second-order valence-corrected chi connectivity index (χ2v) is 4.03. The summed E-state index contributed by atoms with van der Waals surface area (Å²) in [5.41, 5.74) is 0. The average molecular weight is 168 g/mol. The lowest BCUT2D eigenvalue weighted by molar-refractivity contribution is 0.376. The SMILES string of the molecule is CC(C)/N=C1\CCCN1C(C)C. The van der Waals surface area contributed by atoms with E-state index in [1.54, 1.807) is 0 Å². The van der Waals surface area contributed by atoms with Crippen molar-refractivity contribution in [2.24, 2.45) is 4.99 Å². The molecule has 2 nitrogen and oxygen atoms in total. The van der Waals surface area contributed by atoms with Crippen molar-refractivity contribution >= 4 is 5.84 Å². The fraction of sp³-hybridized carbons (Fsp3) is 0.900. The molecule has 0 aromatic carbocycles. The summed E-state index contributed by atoms with van der Waals surface area (Å²) in [6.45, 7) is 9.96. The molecule has 1 aliphatic heterocycles. The molecule has 0 saturated carbocycles. The van der Waals surface area contributed by atoms with E-state index < -0.39 is 0 Å². The van der Waals surface area contributed by atoms with Gasteiger partial charge in [-0.15, -0.1) is 0 Å². The molecule has 0 aromatic rings. The fourth-order valence-electron chi connectivity index (χ4n) is 1.67. The number of aliphatic imine (C=N–C) groups is 1. The van der Waals surface area contributed by atoms with E-state index in [4.69, 9.17) is 0 Å². The molecule has 1 rings (SSSR count). The van der Waals surface area contributed by atoms with Gasteiger partial charge in [0, 0.05) is 25.0 Å². The average Bonchev–Trinajstić information content (AvgIpc) is 2.33. The summed E-state index contributed by atoms with van der Waals surface area (Å²) in [4.78, 5) is 7.04. The van der Waals surface area contributed by atoms with Crippen LogP contribution in [-0.4, -0.2) is 29.4 Å². The van der Waals surface area contributed by atoms with Crippen LogP contribution in [0.3, 0.4) is 0 Å². The molecule has 0 atom stereocenters. The van der Waals surface area contributed by atoms with Crippen molar-refractivity contribution < 1.29 is 0 Å². The molecule has 0 radical (unpaired) electrons. The summed E-state index contributed by atoms with van der Waals surface area (Å²) in [5, 5.41) is 0. The molecule has 0 bridgehead atoms. The molecule has 0 spiro atoms. The lowest BCUT2D eigenvalue weighted by Gasteiger charge is -2.23. The molecule has 0 amide bonds. The summed E-state index contributed by atoms with van der Waals surface area (Å²) in [6, 6.07) is 1.06. The number of amidine groups is 1. The number of likely N-dealkylation sites (tertiary alicyclic amines) is 1. The molecular formula is C10H20N2. The maximum absolute atomic E-state index is 4.62. The van der Waals surface area contributed by atoms with Gasteiger partial charge in [0.15, 0.2) is 0 Å². The molecular weight excluding hydrogens is 148 g/mol. The van der Waals surface area contributed by atoms with Gasteiger partial charge in [0.2, 0.25) is 0 Å². The van der Waals surface area contributed by atoms with Crippen molar-refractivity contribution in [1.82, 2.24) is 4.90 Å². The number of nitrogens with zero attached hydrogens (tertiary/aromatic N) is 2. The molecule has 1 heterocycles. The van der Waals surface area contributed by atoms with Crippen LogP contribution in [0.5, 0.6) is 0 Å². The minimum Gasteiger partial charge on any atom is -0.358 e. The predicted octanol–water partition coefficient (Wildman–Crippen LogP) is 2.30. The van der Waals surface area contributed by atoms with E-state index in [-0.39, 0.29) is 0 Å². The zero-order valence-corrected chi connectivity index (χ0v) is 8.67. The molecule has 12 heavy (non-hydrogen) atoms. The van der Waals surface area contributed by atoms with Gasteiger partial charge in [-0.1, -0.05) is 0 Å². The number of hydrogen-bond donors (Lipinski definition) is 0. The van der Waals surface area contributed by atoms with Gasteiger partial charge in [0.25, 0.3) is 0 Å². The van der Waals surface area contributed by atoms with E-state index >= 15 is 0 Å². The Balaban J connectivity index is 2.63. The zero-order valence-electron chi connectivity index (χ0n) is 8.67. The molecule has 0 N–H and O–H groups in total. The summed E-state index contributed by atoms with van der Waals surface area (Å²) < 4.78 is 0. The van der Waals surface area contributed by atoms with Gasteiger partial charge in [0.05, 0.1) is 5.84 Å². The van der Waals surface area contributed by atoms with E-state index in [1.165, 1.54) is 25.2 Å². The van der Waals surface area contributed by atoms with Gasteiger partial charge >= 0.3 is 0 Å². The molecule has 1 saturated heterocycles. The van der Waals surface area contributed by atoms with Gasteiger partial charge in [-0.25, -0.2) is 0 Å². The molecule has 70 valence electrons. The summed E-state index contributed by atoms with van der Waals surface area (Å²) >= 11 is 0. The van der Waals surface area contributed by atoms with Crippen molar-refractivity contribution in [3.63, 3.8) is 0 Å². The van der Waals surface area contributed by atoms with Gasteiger partial charge in [0.1, 0.15) is 0 Å². The molecule has 1 aliphatic rings. The lowest BCUT2D eigenvalue weighted by Crippen LogP contribution is -2.32. The highest BCUT2D eigenvalue weighted by Crippen LogP contribution is 2.15. The minimum atomic E-state index is 0.444. The third kappa shape index (κ3) is 2.23. The van der Waals surface area contributed by atoms with Gasteiger partial charge in [-0.2, -0.15) is 0 Å². The Morgan fingerprint density at radius 3 is 2.42 bits per heavy atom. The predicted molar refractivity (Wildman–Crippen MR) is 53.6 cm³/mol. The van der Waals surface area contributed by atoms with E-state index in [1.807, 2.05) is 0 Å². The lowest BCUT2D eigenvalue weighted by atomic mass is 10.3. The normalized spacial score (nSPS) is 21.8. The smallest absolute Gasteiger partial charge is 0.0995 e. The van der Waals surface area contributed by atoms with E-state index in [9.17, 15) is 0 Å². The Kier molecular flexibility index (Phi) is 3.12. The molecule has 0 aromatic heterocycles. The quantitative estimate of drug-likeness (QED) is 0.617. The highest BCUT2D eigenvalue weighted by molar-refractivity contribution is 5.84. The van der Waals surface area contributed by atoms with E-state index in [2.05, 4.69) is 37.6 Å². The third-order valence-electron chi connectivity index (χ3n) is 2.16. The first-order valence-electron chi connectivity index (χ1n) is 4.94. The maximum Gasteiger partial charge on any atom is 0.0995 e. The van der Waals surface area contributed by atoms with E-state index in [0.717, 1.165) is 0 Å². The van der Waals surface area contributed by atoms with Crippen LogP contribution in [0.1, 0.15) is 40.5 Å². The largest absolute Gasteiger partial charge is 0.358 e. The number of rotatable bonds is 2. The Labute approximate surface area is 75.7 Å². The van der Waals surface area contributed by atoms with Crippen LogP contribution < -0.4 is 0 Å². The molecule has 0 unspecified atom stereocenters. The van der Waals surface area contributed by atoms with Crippen molar-refractivity contribution in [2.45, 2.75) is 52.6 Å². The molecule has 2 heteroatoms. The molecule has 0 aliphatic carbocycles. The van der Waals surface area contributed by atoms with Gasteiger partial charge in [-0.3, -0.25) is 4.99 Å². The van der Waals surface area contributed by atoms with Crippen LogP contribution in [0.2, 0.25) is 0 Å². The van der Waals surface area contributed by atoms with Crippen LogP contribution >= 0.6 is 0 Å². The van der Waals surface area contributed by atoms with Gasteiger partial charge in [-0.05, 0) is 34.1 Å². The van der Waals surface area contributed by atoms with Crippen LogP contribution in [-0.2, 0) is 0 Å². The highest BCUT2D eigenvalue weighted by atomic mass is 15.2. The Morgan fingerprint density at radius 2 is 1.92 bits per heavy atom. The van der Waals surface area contributed by atoms with Crippen molar-refractivity contribution in [3.05, 3.63) is 0 Å². The summed E-state index contributed by atoms with van der Waals surface area (Å²) in [6.07, 6.45) is 2.46. The fourth-order valence-corrected chi connectivity index (χ4v) is 1.67. The highest BCUT2D eigenvalue weighted by Gasteiger charge is 2.20. The second-order valence-electron chi connectivity index (χ2n) is 4.03. The third-order valence-corrected chi connectivity index (χ3v) is 2.16. The van der Waals surface area contributed by atoms with Crippen LogP contribution in [0.15, 0.2) is 4.99 Å². The van der Waals surface area contributed by atoms with Crippen LogP contribution in [0, 0.1) is 0 Å². The zero-order chi connectivity index (χ0) is 9.14. The first kappa shape index (κ1) is 9.56. The summed E-state index contributed by atoms with van der Waals surface area (Å²) in [5.74, 6) is 1.32. The summed E-state index contributed by atoms with van der Waals surface area (Å²) in [7, 11) is 0. The number of hydrogen-bond acceptors (Lipinski definition) is 1. The second kappa shape index (κ2) is 3.92. The molecule has 1 fully saturated rings.